The fourth-order valence-electron chi connectivity index (χ4n) is 3.37. The van der Waals surface area contributed by atoms with Gasteiger partial charge in [-0.1, -0.05) is 17.4 Å². The van der Waals surface area contributed by atoms with E-state index in [0.29, 0.717) is 34.4 Å². The van der Waals surface area contributed by atoms with Crippen molar-refractivity contribution in [2.75, 3.05) is 29.0 Å². The minimum Gasteiger partial charge on any atom is -0.497 e. The predicted molar refractivity (Wildman–Crippen MR) is 121 cm³/mol. The van der Waals surface area contributed by atoms with Gasteiger partial charge in [0.05, 0.1) is 18.6 Å². The number of aryl methyl sites for hydroxylation is 1. The maximum absolute atomic E-state index is 12.8. The summed E-state index contributed by atoms with van der Waals surface area (Å²) in [5.74, 6) is 0.502. The van der Waals surface area contributed by atoms with E-state index in [9.17, 15) is 13.2 Å². The molecule has 1 aliphatic rings. The second kappa shape index (κ2) is 8.64. The number of anilines is 2. The zero-order valence-corrected chi connectivity index (χ0v) is 18.8. The first-order valence-electron chi connectivity index (χ1n) is 9.78. The zero-order valence-electron chi connectivity index (χ0n) is 17.2. The van der Waals surface area contributed by atoms with E-state index in [2.05, 4.69) is 15.5 Å². The number of hydrogen-bond donors (Lipinski definition) is 1. The summed E-state index contributed by atoms with van der Waals surface area (Å²) < 4.78 is 31.5. The van der Waals surface area contributed by atoms with E-state index < -0.39 is 10.0 Å². The first-order valence-corrected chi connectivity index (χ1v) is 12.2. The van der Waals surface area contributed by atoms with Crippen molar-refractivity contribution < 1.29 is 17.9 Å². The van der Waals surface area contributed by atoms with E-state index in [4.69, 9.17) is 4.74 Å². The van der Waals surface area contributed by atoms with Crippen molar-refractivity contribution in [2.24, 2.45) is 0 Å². The van der Waals surface area contributed by atoms with E-state index in [0.717, 1.165) is 23.3 Å². The van der Waals surface area contributed by atoms with Gasteiger partial charge >= 0.3 is 0 Å². The lowest BCUT2D eigenvalue weighted by molar-refractivity contribution is 0.102. The number of ether oxygens (including phenoxy) is 1. The second-order valence-corrected chi connectivity index (χ2v) is 10.2. The van der Waals surface area contributed by atoms with Crippen molar-refractivity contribution in [1.29, 1.82) is 0 Å². The molecule has 162 valence electrons. The van der Waals surface area contributed by atoms with Crippen molar-refractivity contribution in [3.8, 4) is 16.3 Å². The van der Waals surface area contributed by atoms with Crippen LogP contribution in [0.2, 0.25) is 0 Å². The highest BCUT2D eigenvalue weighted by Gasteiger charge is 2.27. The van der Waals surface area contributed by atoms with Gasteiger partial charge in [-0.2, -0.15) is 0 Å². The molecule has 4 rings (SSSR count). The molecule has 3 aromatic rings. The van der Waals surface area contributed by atoms with Gasteiger partial charge in [0, 0.05) is 17.7 Å². The number of nitrogens with zero attached hydrogens (tertiary/aromatic N) is 3. The van der Waals surface area contributed by atoms with Crippen molar-refractivity contribution in [3.05, 3.63) is 53.6 Å². The van der Waals surface area contributed by atoms with E-state index in [-0.39, 0.29) is 11.7 Å². The van der Waals surface area contributed by atoms with Crippen LogP contribution in [-0.4, -0.2) is 43.9 Å². The molecule has 2 heterocycles. The molecule has 8 nitrogen and oxygen atoms in total. The van der Waals surface area contributed by atoms with Crippen molar-refractivity contribution in [1.82, 2.24) is 10.2 Å². The predicted octanol–water partition coefficient (Wildman–Crippen LogP) is 3.70. The van der Waals surface area contributed by atoms with Crippen molar-refractivity contribution >= 4 is 38.1 Å². The van der Waals surface area contributed by atoms with Gasteiger partial charge in [0.1, 0.15) is 10.8 Å². The number of rotatable bonds is 5. The Bertz CT molecular complexity index is 1210. The first-order chi connectivity index (χ1) is 14.9. The van der Waals surface area contributed by atoms with Gasteiger partial charge in [0.2, 0.25) is 15.2 Å². The lowest BCUT2D eigenvalue weighted by Gasteiger charge is -2.29. The maximum atomic E-state index is 12.8. The van der Waals surface area contributed by atoms with Crippen LogP contribution in [0.4, 0.5) is 10.8 Å². The van der Waals surface area contributed by atoms with Gasteiger partial charge < -0.3 is 4.74 Å². The number of methoxy groups -OCH3 is 1. The van der Waals surface area contributed by atoms with Crippen LogP contribution in [0.1, 0.15) is 28.8 Å². The molecule has 1 N–H and O–H groups in total. The number of aromatic nitrogens is 2. The van der Waals surface area contributed by atoms with Crippen LogP contribution in [-0.2, 0) is 10.0 Å². The van der Waals surface area contributed by atoms with Gasteiger partial charge in [-0.3, -0.25) is 14.4 Å². The summed E-state index contributed by atoms with van der Waals surface area (Å²) in [6.45, 7) is 2.27. The molecule has 31 heavy (non-hydrogen) atoms. The highest BCUT2D eigenvalue weighted by molar-refractivity contribution is 7.92. The zero-order chi connectivity index (χ0) is 22.0. The van der Waals surface area contributed by atoms with Crippen LogP contribution in [0.5, 0.6) is 5.75 Å². The molecule has 0 spiro atoms. The minimum atomic E-state index is -3.36. The summed E-state index contributed by atoms with van der Waals surface area (Å²) in [4.78, 5) is 12.8. The Labute approximate surface area is 184 Å². The van der Waals surface area contributed by atoms with E-state index in [1.165, 1.54) is 15.6 Å². The Morgan fingerprint density at radius 2 is 1.90 bits per heavy atom. The minimum absolute atomic E-state index is 0.127. The van der Waals surface area contributed by atoms with Crippen LogP contribution < -0.4 is 14.4 Å². The number of amides is 1. The monoisotopic (exact) mass is 458 g/mol. The molecule has 0 atom stereocenters. The molecule has 0 saturated carbocycles. The average Bonchev–Trinajstić information content (AvgIpc) is 3.22. The molecule has 10 heteroatoms. The Morgan fingerprint density at radius 1 is 1.13 bits per heavy atom. The second-order valence-electron chi connectivity index (χ2n) is 7.19. The Balaban J connectivity index is 1.53. The van der Waals surface area contributed by atoms with Crippen LogP contribution in [0.25, 0.3) is 10.6 Å². The fraction of sp³-hybridized carbons (Fsp3) is 0.286. The number of carbonyl (C=O) groups excluding carboxylic acids is 1. The molecule has 1 saturated heterocycles. The first kappa shape index (κ1) is 21.3. The smallest absolute Gasteiger partial charge is 0.257 e. The largest absolute Gasteiger partial charge is 0.497 e. The molecule has 1 fully saturated rings. The maximum Gasteiger partial charge on any atom is 0.257 e. The molecular formula is C21H22N4O4S2. The van der Waals surface area contributed by atoms with Gasteiger partial charge in [0.15, 0.2) is 0 Å². The van der Waals surface area contributed by atoms with Gasteiger partial charge in [0.25, 0.3) is 5.91 Å². The summed E-state index contributed by atoms with van der Waals surface area (Å²) in [7, 11) is -1.76. The lowest BCUT2D eigenvalue weighted by atomic mass is 10.1. The van der Waals surface area contributed by atoms with E-state index in [1.807, 2.05) is 31.2 Å². The Kier molecular flexibility index (Phi) is 5.92. The third-order valence-corrected chi connectivity index (χ3v) is 7.81. The lowest BCUT2D eigenvalue weighted by Crippen LogP contribution is -2.38. The van der Waals surface area contributed by atoms with Crippen LogP contribution in [0.15, 0.2) is 42.5 Å². The SMILES string of the molecule is COc1ccc(-c2nnc(NC(=O)c3ccc(C)c(N4CCCCS4(=O)=O)c3)s2)cc1. The molecule has 1 amide bonds. The highest BCUT2D eigenvalue weighted by Crippen LogP contribution is 2.30. The summed E-state index contributed by atoms with van der Waals surface area (Å²) in [5.41, 5.74) is 2.58. The molecule has 0 radical (unpaired) electrons. The van der Waals surface area contributed by atoms with Crippen molar-refractivity contribution in [2.45, 2.75) is 19.8 Å². The van der Waals surface area contributed by atoms with Gasteiger partial charge in [-0.25, -0.2) is 8.42 Å². The van der Waals surface area contributed by atoms with Gasteiger partial charge in [-0.05, 0) is 61.7 Å². The number of nitrogens with one attached hydrogen (secondary N) is 1. The van der Waals surface area contributed by atoms with Crippen molar-refractivity contribution in [3.63, 3.8) is 0 Å². The molecule has 0 unspecified atom stereocenters. The quantitative estimate of drug-likeness (QED) is 0.626. The van der Waals surface area contributed by atoms with Crippen LogP contribution in [0, 0.1) is 6.92 Å². The molecule has 0 bridgehead atoms. The molecule has 2 aromatic carbocycles. The summed E-state index contributed by atoms with van der Waals surface area (Å²) in [5, 5.41) is 12.0. The summed E-state index contributed by atoms with van der Waals surface area (Å²) in [6, 6.07) is 12.5. The Hall–Kier alpha value is -2.98. The molecule has 1 aliphatic heterocycles. The number of sulfonamides is 1. The number of carbonyl (C=O) groups is 1. The standard InChI is InChI=1S/C21H22N4O4S2/c1-14-5-6-16(13-18(14)25-11-3-4-12-31(25,27)28)19(26)22-21-24-23-20(30-21)15-7-9-17(29-2)10-8-15/h5-10,13H,3-4,11-12H2,1-2H3,(H,22,24,26). The number of hydrogen-bond acceptors (Lipinski definition) is 7. The summed E-state index contributed by atoms with van der Waals surface area (Å²) >= 11 is 1.26. The summed E-state index contributed by atoms with van der Waals surface area (Å²) in [6.07, 6.45) is 1.46. The normalized spacial score (nSPS) is 15.5. The van der Waals surface area contributed by atoms with E-state index >= 15 is 0 Å². The Morgan fingerprint density at radius 3 is 2.61 bits per heavy atom. The van der Waals surface area contributed by atoms with E-state index in [1.54, 1.807) is 25.3 Å². The van der Waals surface area contributed by atoms with Crippen LogP contribution in [0.3, 0.4) is 0 Å². The van der Waals surface area contributed by atoms with Crippen LogP contribution >= 0.6 is 11.3 Å². The molecular weight excluding hydrogens is 436 g/mol. The molecule has 0 aliphatic carbocycles. The third kappa shape index (κ3) is 4.54. The highest BCUT2D eigenvalue weighted by atomic mass is 32.2. The third-order valence-electron chi connectivity index (χ3n) is 5.07. The topological polar surface area (TPSA) is 101 Å². The number of benzene rings is 2. The van der Waals surface area contributed by atoms with Gasteiger partial charge in [-0.15, -0.1) is 10.2 Å². The average molecular weight is 459 g/mol. The molecule has 1 aromatic heterocycles. The fourth-order valence-corrected chi connectivity index (χ4v) is 5.81.